The van der Waals surface area contributed by atoms with Crippen molar-refractivity contribution in [1.29, 1.82) is 5.26 Å². The number of rotatable bonds is 15. The molecule has 1 saturated heterocycles. The van der Waals surface area contributed by atoms with Gasteiger partial charge in [-0.15, -0.1) is 0 Å². The number of unbranched alkanes of at least 4 members (excludes halogenated alkanes) is 1. The summed E-state index contributed by atoms with van der Waals surface area (Å²) in [6, 6.07) is 40.0. The molecule has 0 radical (unpaired) electrons. The molecule has 3 aliphatic heterocycles. The number of carbonyl (C=O) groups excluding carboxylic acids is 3. The zero-order chi connectivity index (χ0) is 42.3. The lowest BCUT2D eigenvalue weighted by atomic mass is 10.0. The maximum atomic E-state index is 14.6. The molecule has 13 heteroatoms. The molecular formula is C48H41N3O6S4. The van der Waals surface area contributed by atoms with Crippen molar-refractivity contribution in [2.24, 2.45) is 5.92 Å². The number of ether oxygens (including phenoxy) is 3. The van der Waals surface area contributed by atoms with E-state index in [9.17, 15) is 19.6 Å². The number of hydrogen-bond acceptors (Lipinski definition) is 11. The van der Waals surface area contributed by atoms with E-state index in [2.05, 4.69) is 19.9 Å². The van der Waals surface area contributed by atoms with Gasteiger partial charge in [-0.3, -0.25) is 9.59 Å². The average molecular weight is 884 g/mol. The Bertz CT molecular complexity index is 2400. The minimum absolute atomic E-state index is 0.0641. The SMILES string of the molecule is CCCCC(CC)COC(=O)C(C#N)=C1Sc2c(Oc3ccccc3)c3c(c(Oc4ccccc4)c2S1)SC(=C1C(=O)N(Cc2ccccc2)N(Cc2ccccc2)C1=O)S3. The number of hydrogen-bond donors (Lipinski definition) is 0. The summed E-state index contributed by atoms with van der Waals surface area (Å²) in [5.41, 5.74) is 1.75. The van der Waals surface area contributed by atoms with Crippen molar-refractivity contribution in [2.45, 2.75) is 72.2 Å². The Balaban J connectivity index is 1.23. The summed E-state index contributed by atoms with van der Waals surface area (Å²) < 4.78 is 20.2. The topological polar surface area (TPSA) is 109 Å². The van der Waals surface area contributed by atoms with Crippen LogP contribution in [0.15, 0.2) is 161 Å². The highest BCUT2D eigenvalue weighted by molar-refractivity contribution is 8.26. The molecule has 1 unspecified atom stereocenters. The number of para-hydroxylation sites is 2. The number of amides is 2. The lowest BCUT2D eigenvalue weighted by molar-refractivity contribution is -0.149. The smallest absolute Gasteiger partial charge is 0.350 e. The van der Waals surface area contributed by atoms with E-state index in [1.807, 2.05) is 121 Å². The molecule has 5 aromatic rings. The molecule has 0 spiro atoms. The van der Waals surface area contributed by atoms with E-state index >= 15 is 0 Å². The summed E-state index contributed by atoms with van der Waals surface area (Å²) in [6.07, 6.45) is 3.90. The van der Waals surface area contributed by atoms with Gasteiger partial charge in [0.1, 0.15) is 23.1 Å². The fourth-order valence-corrected chi connectivity index (χ4v) is 12.3. The van der Waals surface area contributed by atoms with Crippen LogP contribution in [0.5, 0.6) is 23.0 Å². The van der Waals surface area contributed by atoms with Gasteiger partial charge in [0.2, 0.25) is 0 Å². The minimum Gasteiger partial charge on any atom is -0.461 e. The van der Waals surface area contributed by atoms with Gasteiger partial charge < -0.3 is 14.2 Å². The molecule has 1 fully saturated rings. The molecule has 2 amide bonds. The summed E-state index contributed by atoms with van der Waals surface area (Å²) in [6.45, 7) is 4.87. The van der Waals surface area contributed by atoms with Crippen molar-refractivity contribution in [3.05, 3.63) is 152 Å². The zero-order valence-electron chi connectivity index (χ0n) is 33.5. The highest BCUT2D eigenvalue weighted by atomic mass is 32.2. The third-order valence-electron chi connectivity index (χ3n) is 10.2. The molecule has 0 aliphatic carbocycles. The molecule has 0 N–H and O–H groups in total. The number of thioether (sulfide) groups is 4. The van der Waals surface area contributed by atoms with Gasteiger partial charge in [-0.25, -0.2) is 14.8 Å². The molecule has 61 heavy (non-hydrogen) atoms. The number of esters is 1. The first-order valence-corrected chi connectivity index (χ1v) is 23.3. The molecule has 9 nitrogen and oxygen atoms in total. The number of carbonyl (C=O) groups is 3. The first-order chi connectivity index (χ1) is 29.9. The highest BCUT2D eigenvalue weighted by Gasteiger charge is 2.47. The summed E-state index contributed by atoms with van der Waals surface area (Å²) in [5, 5.41) is 13.5. The second-order valence-electron chi connectivity index (χ2n) is 14.4. The van der Waals surface area contributed by atoms with Gasteiger partial charge in [0.05, 0.1) is 47.8 Å². The first-order valence-electron chi connectivity index (χ1n) is 20.0. The first kappa shape index (κ1) is 42.2. The third-order valence-corrected chi connectivity index (χ3v) is 15.4. The lowest BCUT2D eigenvalue weighted by Gasteiger charge is -2.27. The van der Waals surface area contributed by atoms with Crippen LogP contribution in [-0.2, 0) is 32.2 Å². The second-order valence-corrected chi connectivity index (χ2v) is 19.0. The molecule has 3 heterocycles. The van der Waals surface area contributed by atoms with E-state index in [4.69, 9.17) is 14.2 Å². The Hall–Kier alpha value is -5.52. The van der Waals surface area contributed by atoms with E-state index in [1.165, 1.54) is 57.1 Å². The fourth-order valence-electron chi connectivity index (χ4n) is 6.91. The van der Waals surface area contributed by atoms with Crippen LogP contribution >= 0.6 is 47.0 Å². The Morgan fingerprint density at radius 3 is 1.52 bits per heavy atom. The van der Waals surface area contributed by atoms with Crippen LogP contribution in [0.2, 0.25) is 0 Å². The predicted molar refractivity (Wildman–Crippen MR) is 241 cm³/mol. The molecule has 8 rings (SSSR count). The molecule has 0 bridgehead atoms. The maximum absolute atomic E-state index is 14.6. The van der Waals surface area contributed by atoms with Gasteiger partial charge in [-0.1, -0.05) is 177 Å². The van der Waals surface area contributed by atoms with Crippen LogP contribution in [0.3, 0.4) is 0 Å². The second kappa shape index (κ2) is 19.5. The van der Waals surface area contributed by atoms with Crippen LogP contribution in [0, 0.1) is 17.2 Å². The van der Waals surface area contributed by atoms with Crippen molar-refractivity contribution in [2.75, 3.05) is 6.61 Å². The van der Waals surface area contributed by atoms with Crippen LogP contribution in [0.25, 0.3) is 0 Å². The molecule has 0 saturated carbocycles. The Labute approximate surface area is 372 Å². The average Bonchev–Trinajstić information content (AvgIpc) is 3.99. The monoisotopic (exact) mass is 883 g/mol. The molecular weight excluding hydrogens is 843 g/mol. The number of hydrazine groups is 1. The van der Waals surface area contributed by atoms with Crippen LogP contribution in [-0.4, -0.2) is 34.4 Å². The van der Waals surface area contributed by atoms with E-state index in [0.717, 1.165) is 36.8 Å². The van der Waals surface area contributed by atoms with E-state index < -0.39 is 17.8 Å². The highest BCUT2D eigenvalue weighted by Crippen LogP contribution is 2.69. The minimum atomic E-state index is -0.669. The predicted octanol–water partition coefficient (Wildman–Crippen LogP) is 12.4. The summed E-state index contributed by atoms with van der Waals surface area (Å²) in [7, 11) is 0. The van der Waals surface area contributed by atoms with Crippen LogP contribution in [0.4, 0.5) is 0 Å². The van der Waals surface area contributed by atoms with Crippen molar-refractivity contribution in [1.82, 2.24) is 10.0 Å². The van der Waals surface area contributed by atoms with Gasteiger partial charge >= 0.3 is 5.97 Å². The van der Waals surface area contributed by atoms with Gasteiger partial charge in [0.25, 0.3) is 11.8 Å². The van der Waals surface area contributed by atoms with E-state index in [1.54, 1.807) is 0 Å². The fraction of sp³-hybridized carbons (Fsp3) is 0.208. The van der Waals surface area contributed by atoms with Crippen molar-refractivity contribution >= 4 is 64.8 Å². The Morgan fingerprint density at radius 2 is 1.10 bits per heavy atom. The van der Waals surface area contributed by atoms with Gasteiger partial charge in [-0.05, 0) is 47.7 Å². The van der Waals surface area contributed by atoms with Crippen molar-refractivity contribution < 1.29 is 28.6 Å². The molecule has 308 valence electrons. The van der Waals surface area contributed by atoms with Crippen LogP contribution in [0.1, 0.15) is 50.7 Å². The van der Waals surface area contributed by atoms with Crippen LogP contribution < -0.4 is 9.47 Å². The summed E-state index contributed by atoms with van der Waals surface area (Å²) in [5.74, 6) is 0.797. The summed E-state index contributed by atoms with van der Waals surface area (Å²) in [4.78, 5) is 45.4. The van der Waals surface area contributed by atoms with Gasteiger partial charge in [-0.2, -0.15) is 5.26 Å². The van der Waals surface area contributed by atoms with E-state index in [0.29, 0.717) is 51.1 Å². The Morgan fingerprint density at radius 1 is 0.656 bits per heavy atom. The molecule has 1 atom stereocenters. The number of nitriles is 1. The van der Waals surface area contributed by atoms with Gasteiger partial charge in [0, 0.05) is 0 Å². The quantitative estimate of drug-likeness (QED) is 0.0434. The summed E-state index contributed by atoms with van der Waals surface area (Å²) >= 11 is 5.07. The largest absolute Gasteiger partial charge is 0.461 e. The normalized spacial score (nSPS) is 14.8. The number of fused-ring (bicyclic) bond motifs is 2. The molecule has 5 aromatic carbocycles. The standard InChI is InChI=1S/C48H41N3O6S4/c1-3-5-18-31(4-2)30-55-46(54)36(27-49)47-58-40-38(56-34-23-14-8-15-24-34)42-43(39(41(40)59-47)57-35-25-16-9-17-26-35)61-48(60-42)37-44(52)50(28-32-19-10-6-11-20-32)51(45(37)53)29-33-21-12-7-13-22-33/h6-17,19-26,31H,3-5,18,28-30H2,1-2H3. The van der Waals surface area contributed by atoms with Gasteiger partial charge in [0.15, 0.2) is 17.1 Å². The molecule has 0 aromatic heterocycles. The van der Waals surface area contributed by atoms with Crippen molar-refractivity contribution in [3.8, 4) is 29.1 Å². The molecule has 3 aliphatic rings. The number of benzene rings is 5. The van der Waals surface area contributed by atoms with Crippen molar-refractivity contribution in [3.63, 3.8) is 0 Å². The lowest BCUT2D eigenvalue weighted by Crippen LogP contribution is -2.39. The third kappa shape index (κ3) is 9.23. The number of nitrogens with zero attached hydrogens (tertiary/aromatic N) is 3. The Kier molecular flexibility index (Phi) is 13.5. The van der Waals surface area contributed by atoms with E-state index in [-0.39, 0.29) is 36.8 Å². The maximum Gasteiger partial charge on any atom is 0.350 e. The zero-order valence-corrected chi connectivity index (χ0v) is 36.8.